The number of hydrogen-bond donors (Lipinski definition) is 0. The van der Waals surface area contributed by atoms with E-state index in [0.717, 1.165) is 13.0 Å². The number of thiophene rings is 1. The second-order valence-corrected chi connectivity index (χ2v) is 5.76. The van der Waals surface area contributed by atoms with Crippen LogP contribution in [0.25, 0.3) is 0 Å². The van der Waals surface area contributed by atoms with Crippen LogP contribution in [0, 0.1) is 5.92 Å². The third-order valence-electron chi connectivity index (χ3n) is 3.08. The molecule has 2 unspecified atom stereocenters. The summed E-state index contributed by atoms with van der Waals surface area (Å²) in [5.41, 5.74) is 0. The molecule has 1 heterocycles. The van der Waals surface area contributed by atoms with Crippen LogP contribution in [-0.2, 0) is 16.0 Å². The lowest BCUT2D eigenvalue weighted by atomic mass is 10.1. The number of hydrogen-bond acceptors (Lipinski definition) is 4. The van der Waals surface area contributed by atoms with Crippen molar-refractivity contribution in [2.24, 2.45) is 5.92 Å². The summed E-state index contributed by atoms with van der Waals surface area (Å²) in [5, 5.41) is 2.10. The van der Waals surface area contributed by atoms with E-state index in [0.29, 0.717) is 12.6 Å². The van der Waals surface area contributed by atoms with Crippen LogP contribution in [0.15, 0.2) is 17.5 Å². The molecule has 0 aliphatic heterocycles. The quantitative estimate of drug-likeness (QED) is 0.713. The highest BCUT2D eigenvalue weighted by Crippen LogP contribution is 2.14. The lowest BCUT2D eigenvalue weighted by Gasteiger charge is -2.26. The average Bonchev–Trinajstić information content (AvgIpc) is 2.81. The minimum Gasteiger partial charge on any atom is -0.466 e. The van der Waals surface area contributed by atoms with Crippen LogP contribution in [0.5, 0.6) is 0 Å². The Morgan fingerprint density at radius 2 is 2.22 bits per heavy atom. The number of carbonyl (C=O) groups is 1. The van der Waals surface area contributed by atoms with Gasteiger partial charge in [-0.3, -0.25) is 4.79 Å². The van der Waals surface area contributed by atoms with Crippen molar-refractivity contribution in [2.75, 3.05) is 20.2 Å². The van der Waals surface area contributed by atoms with Gasteiger partial charge in [0.1, 0.15) is 0 Å². The predicted octanol–water partition coefficient (Wildman–Crippen LogP) is 2.81. The number of esters is 1. The van der Waals surface area contributed by atoms with Gasteiger partial charge in [-0.25, -0.2) is 0 Å². The van der Waals surface area contributed by atoms with E-state index in [-0.39, 0.29) is 11.9 Å². The van der Waals surface area contributed by atoms with Crippen molar-refractivity contribution in [3.05, 3.63) is 22.4 Å². The van der Waals surface area contributed by atoms with E-state index >= 15 is 0 Å². The Balaban J connectivity index is 2.39. The van der Waals surface area contributed by atoms with E-state index in [1.165, 1.54) is 4.88 Å². The fourth-order valence-electron chi connectivity index (χ4n) is 1.85. The Hall–Kier alpha value is -0.870. The van der Waals surface area contributed by atoms with Crippen molar-refractivity contribution in [2.45, 2.75) is 33.2 Å². The monoisotopic (exact) mass is 269 g/mol. The highest BCUT2D eigenvalue weighted by atomic mass is 32.1. The molecule has 0 spiro atoms. The molecule has 1 rings (SSSR count). The first-order valence-electron chi connectivity index (χ1n) is 6.43. The van der Waals surface area contributed by atoms with E-state index in [9.17, 15) is 4.79 Å². The molecule has 102 valence electrons. The maximum Gasteiger partial charge on any atom is 0.309 e. The zero-order chi connectivity index (χ0) is 13.5. The first kappa shape index (κ1) is 15.2. The molecule has 0 saturated heterocycles. The molecular weight excluding hydrogens is 246 g/mol. The fourth-order valence-corrected chi connectivity index (χ4v) is 2.67. The molecule has 1 aromatic rings. The van der Waals surface area contributed by atoms with E-state index < -0.39 is 0 Å². The van der Waals surface area contributed by atoms with Crippen LogP contribution >= 0.6 is 11.3 Å². The second kappa shape index (κ2) is 7.54. The van der Waals surface area contributed by atoms with Gasteiger partial charge in [0.2, 0.25) is 0 Å². The van der Waals surface area contributed by atoms with Crippen LogP contribution in [0.1, 0.15) is 25.6 Å². The normalized spacial score (nSPS) is 14.5. The standard InChI is InChI=1S/C14H23NO2S/c1-5-17-14(16)11(2)10-15(4)12(3)9-13-7-6-8-18-13/h6-8,11-12H,5,9-10H2,1-4H3. The summed E-state index contributed by atoms with van der Waals surface area (Å²) in [6.45, 7) is 7.15. The molecule has 4 heteroatoms. The lowest BCUT2D eigenvalue weighted by Crippen LogP contribution is -2.36. The number of carbonyl (C=O) groups excluding carboxylic acids is 1. The van der Waals surface area contributed by atoms with Gasteiger partial charge in [0.25, 0.3) is 0 Å². The van der Waals surface area contributed by atoms with Crippen molar-refractivity contribution in [3.63, 3.8) is 0 Å². The van der Waals surface area contributed by atoms with Gasteiger partial charge >= 0.3 is 5.97 Å². The van der Waals surface area contributed by atoms with Crippen LogP contribution < -0.4 is 0 Å². The van der Waals surface area contributed by atoms with Crippen LogP contribution in [0.2, 0.25) is 0 Å². The smallest absolute Gasteiger partial charge is 0.309 e. The molecule has 2 atom stereocenters. The molecular formula is C14H23NO2S. The molecule has 0 saturated carbocycles. The molecule has 0 N–H and O–H groups in total. The molecule has 0 radical (unpaired) electrons. The van der Waals surface area contributed by atoms with Gasteiger partial charge in [0.15, 0.2) is 0 Å². The second-order valence-electron chi connectivity index (χ2n) is 4.73. The van der Waals surface area contributed by atoms with Gasteiger partial charge in [-0.05, 0) is 38.8 Å². The predicted molar refractivity (Wildman–Crippen MR) is 75.9 cm³/mol. The summed E-state index contributed by atoms with van der Waals surface area (Å²) in [7, 11) is 2.06. The lowest BCUT2D eigenvalue weighted by molar-refractivity contribution is -0.148. The van der Waals surface area contributed by atoms with Gasteiger partial charge in [-0.1, -0.05) is 13.0 Å². The minimum absolute atomic E-state index is 0.0688. The Labute approximate surface area is 114 Å². The van der Waals surface area contributed by atoms with Gasteiger partial charge in [-0.2, -0.15) is 0 Å². The summed E-state index contributed by atoms with van der Waals surface area (Å²) in [4.78, 5) is 15.2. The SMILES string of the molecule is CCOC(=O)C(C)CN(C)C(C)Cc1cccs1. The summed E-state index contributed by atoms with van der Waals surface area (Å²) in [6.07, 6.45) is 1.03. The van der Waals surface area contributed by atoms with E-state index in [2.05, 4.69) is 36.4 Å². The Kier molecular flexibility index (Phi) is 6.36. The summed E-state index contributed by atoms with van der Waals surface area (Å²) in [6, 6.07) is 4.66. The Morgan fingerprint density at radius 1 is 1.50 bits per heavy atom. The molecule has 3 nitrogen and oxygen atoms in total. The van der Waals surface area contributed by atoms with Crippen LogP contribution in [0.4, 0.5) is 0 Å². The van der Waals surface area contributed by atoms with Gasteiger partial charge < -0.3 is 9.64 Å². The van der Waals surface area contributed by atoms with Crippen LogP contribution in [0.3, 0.4) is 0 Å². The number of likely N-dealkylation sites (N-methyl/N-ethyl adjacent to an activating group) is 1. The van der Waals surface area contributed by atoms with E-state index in [4.69, 9.17) is 4.74 Å². The molecule has 0 fully saturated rings. The van der Waals surface area contributed by atoms with Gasteiger partial charge in [-0.15, -0.1) is 11.3 Å². The fraction of sp³-hybridized carbons (Fsp3) is 0.643. The van der Waals surface area contributed by atoms with Crippen molar-refractivity contribution in [1.82, 2.24) is 4.90 Å². The zero-order valence-corrected chi connectivity index (χ0v) is 12.5. The minimum atomic E-state index is -0.104. The molecule has 0 aliphatic carbocycles. The summed E-state index contributed by atoms with van der Waals surface area (Å²) < 4.78 is 5.03. The summed E-state index contributed by atoms with van der Waals surface area (Å²) >= 11 is 1.78. The Morgan fingerprint density at radius 3 is 2.78 bits per heavy atom. The van der Waals surface area contributed by atoms with Gasteiger partial charge in [0.05, 0.1) is 12.5 Å². The zero-order valence-electron chi connectivity index (χ0n) is 11.7. The maximum atomic E-state index is 11.6. The average molecular weight is 269 g/mol. The number of ether oxygens (including phenoxy) is 1. The molecule has 18 heavy (non-hydrogen) atoms. The summed E-state index contributed by atoms with van der Waals surface area (Å²) in [5.74, 6) is -0.173. The first-order chi connectivity index (χ1) is 8.54. The van der Waals surface area contributed by atoms with Crippen molar-refractivity contribution in [1.29, 1.82) is 0 Å². The van der Waals surface area contributed by atoms with Gasteiger partial charge in [0, 0.05) is 17.5 Å². The highest BCUT2D eigenvalue weighted by molar-refractivity contribution is 7.09. The van der Waals surface area contributed by atoms with E-state index in [1.807, 2.05) is 13.8 Å². The van der Waals surface area contributed by atoms with Crippen molar-refractivity contribution >= 4 is 17.3 Å². The third-order valence-corrected chi connectivity index (χ3v) is 3.98. The third kappa shape index (κ3) is 4.78. The molecule has 0 aromatic carbocycles. The first-order valence-corrected chi connectivity index (χ1v) is 7.31. The maximum absolute atomic E-state index is 11.6. The molecule has 0 bridgehead atoms. The van der Waals surface area contributed by atoms with Crippen molar-refractivity contribution in [3.8, 4) is 0 Å². The van der Waals surface area contributed by atoms with Crippen molar-refractivity contribution < 1.29 is 9.53 Å². The molecule has 1 aromatic heterocycles. The van der Waals surface area contributed by atoms with E-state index in [1.54, 1.807) is 11.3 Å². The topological polar surface area (TPSA) is 29.5 Å². The largest absolute Gasteiger partial charge is 0.466 e. The molecule has 0 amide bonds. The molecule has 0 aliphatic rings. The highest BCUT2D eigenvalue weighted by Gasteiger charge is 2.19. The Bertz CT molecular complexity index is 351. The number of nitrogens with zero attached hydrogens (tertiary/aromatic N) is 1. The number of rotatable bonds is 7. The van der Waals surface area contributed by atoms with Crippen LogP contribution in [-0.4, -0.2) is 37.1 Å².